The van der Waals surface area contributed by atoms with Gasteiger partial charge in [-0.05, 0) is 48.7 Å². The maximum Gasteiger partial charge on any atom is 0.171 e. The summed E-state index contributed by atoms with van der Waals surface area (Å²) in [7, 11) is 0. The van der Waals surface area contributed by atoms with Gasteiger partial charge in [-0.2, -0.15) is 4.37 Å². The summed E-state index contributed by atoms with van der Waals surface area (Å²) in [6, 6.07) is 12.3. The lowest BCUT2D eigenvalue weighted by Crippen LogP contribution is -2.29. The third-order valence-electron chi connectivity index (χ3n) is 2.41. The van der Waals surface area contributed by atoms with E-state index in [1.54, 1.807) is 0 Å². The largest absolute Gasteiger partial charge is 0.362 e. The Morgan fingerprint density at radius 3 is 2.78 bits per heavy atom. The summed E-state index contributed by atoms with van der Waals surface area (Å²) in [5.41, 5.74) is 2.32. The number of nitrogens with one attached hydrogen (secondary N) is 2. The SMILES string of the molecule is Cc1cc(NC(=S)NCCc2ccccc2)sn1. The van der Waals surface area contributed by atoms with Gasteiger partial charge < -0.3 is 10.6 Å². The lowest BCUT2D eigenvalue weighted by molar-refractivity contribution is 0.874. The Balaban J connectivity index is 1.72. The second kappa shape index (κ2) is 6.47. The molecule has 0 amide bonds. The van der Waals surface area contributed by atoms with E-state index in [0.29, 0.717) is 5.11 Å². The van der Waals surface area contributed by atoms with Crippen LogP contribution in [0.15, 0.2) is 36.4 Å². The average Bonchev–Trinajstić information content (AvgIpc) is 2.76. The number of aryl methyl sites for hydroxylation is 1. The van der Waals surface area contributed by atoms with E-state index in [1.165, 1.54) is 17.1 Å². The van der Waals surface area contributed by atoms with E-state index in [1.807, 2.05) is 31.2 Å². The zero-order chi connectivity index (χ0) is 12.8. The van der Waals surface area contributed by atoms with Crippen molar-refractivity contribution in [1.29, 1.82) is 0 Å². The normalized spacial score (nSPS) is 10.1. The minimum atomic E-state index is 0.648. The van der Waals surface area contributed by atoms with Crippen LogP contribution in [-0.4, -0.2) is 16.0 Å². The number of nitrogens with zero attached hydrogens (tertiary/aromatic N) is 1. The van der Waals surface area contributed by atoms with Crippen molar-refractivity contribution in [2.24, 2.45) is 0 Å². The van der Waals surface area contributed by atoms with Crippen LogP contribution in [-0.2, 0) is 6.42 Å². The molecule has 0 fully saturated rings. The van der Waals surface area contributed by atoms with E-state index >= 15 is 0 Å². The number of hydrogen-bond donors (Lipinski definition) is 2. The smallest absolute Gasteiger partial charge is 0.171 e. The predicted octanol–water partition coefficient (Wildman–Crippen LogP) is 2.98. The van der Waals surface area contributed by atoms with Crippen molar-refractivity contribution in [2.75, 3.05) is 11.9 Å². The van der Waals surface area contributed by atoms with Crippen LogP contribution >= 0.6 is 23.8 Å². The summed E-state index contributed by atoms with van der Waals surface area (Å²) in [6.45, 7) is 2.79. The Kier molecular flexibility index (Phi) is 4.66. The number of aromatic nitrogens is 1. The maximum atomic E-state index is 5.22. The molecule has 18 heavy (non-hydrogen) atoms. The van der Waals surface area contributed by atoms with Gasteiger partial charge in [0.1, 0.15) is 5.00 Å². The molecule has 0 aliphatic carbocycles. The molecule has 0 bridgehead atoms. The molecule has 0 aliphatic heterocycles. The molecule has 0 saturated carbocycles. The third-order valence-corrected chi connectivity index (χ3v) is 3.45. The van der Waals surface area contributed by atoms with Gasteiger partial charge in [0.05, 0.1) is 5.69 Å². The van der Waals surface area contributed by atoms with Crippen LogP contribution in [0.3, 0.4) is 0 Å². The molecule has 3 nitrogen and oxygen atoms in total. The highest BCUT2D eigenvalue weighted by Gasteiger charge is 2.00. The lowest BCUT2D eigenvalue weighted by Gasteiger charge is -2.08. The summed E-state index contributed by atoms with van der Waals surface area (Å²) in [6.07, 6.45) is 0.963. The van der Waals surface area contributed by atoms with E-state index in [0.717, 1.165) is 23.7 Å². The first-order valence-corrected chi connectivity index (χ1v) is 6.94. The molecule has 2 aromatic rings. The van der Waals surface area contributed by atoms with Crippen LogP contribution < -0.4 is 10.6 Å². The van der Waals surface area contributed by atoms with Gasteiger partial charge in [-0.25, -0.2) is 0 Å². The van der Waals surface area contributed by atoms with Crippen molar-refractivity contribution in [3.63, 3.8) is 0 Å². The summed E-state index contributed by atoms with van der Waals surface area (Å²) >= 11 is 6.64. The van der Waals surface area contributed by atoms with E-state index in [4.69, 9.17) is 12.2 Å². The van der Waals surface area contributed by atoms with E-state index in [9.17, 15) is 0 Å². The number of benzene rings is 1. The molecule has 0 saturated heterocycles. The fourth-order valence-electron chi connectivity index (χ4n) is 1.54. The van der Waals surface area contributed by atoms with Crippen molar-refractivity contribution < 1.29 is 0 Å². The second-order valence-corrected chi connectivity index (χ2v) is 5.16. The van der Waals surface area contributed by atoms with Crippen LogP contribution in [0.5, 0.6) is 0 Å². The van der Waals surface area contributed by atoms with Crippen molar-refractivity contribution in [3.05, 3.63) is 47.7 Å². The summed E-state index contributed by atoms with van der Waals surface area (Å²) in [5, 5.41) is 7.94. The fraction of sp³-hybridized carbons (Fsp3) is 0.231. The van der Waals surface area contributed by atoms with Crippen molar-refractivity contribution in [3.8, 4) is 0 Å². The summed E-state index contributed by atoms with van der Waals surface area (Å²) in [4.78, 5) is 0. The van der Waals surface area contributed by atoms with Gasteiger partial charge in [0.15, 0.2) is 5.11 Å². The van der Waals surface area contributed by atoms with Crippen molar-refractivity contribution in [2.45, 2.75) is 13.3 Å². The molecule has 0 aliphatic rings. The van der Waals surface area contributed by atoms with Gasteiger partial charge in [-0.15, -0.1) is 0 Å². The molecular weight excluding hydrogens is 262 g/mol. The Labute approximate surface area is 116 Å². The molecule has 2 rings (SSSR count). The van der Waals surface area contributed by atoms with E-state index in [-0.39, 0.29) is 0 Å². The highest BCUT2D eigenvalue weighted by molar-refractivity contribution is 7.80. The summed E-state index contributed by atoms with van der Waals surface area (Å²) < 4.78 is 4.19. The fourth-order valence-corrected chi connectivity index (χ4v) is 2.49. The number of thiocarbonyl (C=S) groups is 1. The number of hydrogen-bond acceptors (Lipinski definition) is 3. The first kappa shape index (κ1) is 13.0. The van der Waals surface area contributed by atoms with Gasteiger partial charge in [0.25, 0.3) is 0 Å². The van der Waals surface area contributed by atoms with Crippen LogP contribution in [0.1, 0.15) is 11.3 Å². The van der Waals surface area contributed by atoms with Gasteiger partial charge in [0.2, 0.25) is 0 Å². The molecule has 0 unspecified atom stereocenters. The van der Waals surface area contributed by atoms with Gasteiger partial charge in [0, 0.05) is 6.54 Å². The quantitative estimate of drug-likeness (QED) is 0.843. The van der Waals surface area contributed by atoms with Crippen LogP contribution in [0, 0.1) is 6.92 Å². The van der Waals surface area contributed by atoms with Crippen molar-refractivity contribution >= 4 is 33.9 Å². The Morgan fingerprint density at radius 2 is 2.11 bits per heavy atom. The molecular formula is C13H15N3S2. The highest BCUT2D eigenvalue weighted by Crippen LogP contribution is 2.14. The van der Waals surface area contributed by atoms with Crippen LogP contribution in [0.25, 0.3) is 0 Å². The molecule has 1 aromatic carbocycles. The number of anilines is 1. The van der Waals surface area contributed by atoms with Crippen LogP contribution in [0.2, 0.25) is 0 Å². The first-order valence-electron chi connectivity index (χ1n) is 5.76. The Hall–Kier alpha value is -1.46. The number of rotatable bonds is 4. The highest BCUT2D eigenvalue weighted by atomic mass is 32.1. The topological polar surface area (TPSA) is 37.0 Å². The maximum absolute atomic E-state index is 5.22. The molecule has 0 spiro atoms. The molecule has 0 radical (unpaired) electrons. The van der Waals surface area contributed by atoms with Gasteiger partial charge in [-0.3, -0.25) is 0 Å². The second-order valence-electron chi connectivity index (χ2n) is 3.95. The van der Waals surface area contributed by atoms with Crippen LogP contribution in [0.4, 0.5) is 5.00 Å². The molecule has 1 aromatic heterocycles. The standard InChI is InChI=1S/C13H15N3S2/c1-10-9-12(18-16-10)15-13(17)14-8-7-11-5-3-2-4-6-11/h2-6,9H,7-8H2,1H3,(H2,14,15,17). The summed E-state index contributed by atoms with van der Waals surface area (Å²) in [5.74, 6) is 0. The zero-order valence-corrected chi connectivity index (χ0v) is 11.8. The molecule has 94 valence electrons. The van der Waals surface area contributed by atoms with E-state index in [2.05, 4.69) is 27.1 Å². The minimum Gasteiger partial charge on any atom is -0.362 e. The third kappa shape index (κ3) is 4.09. The average molecular weight is 277 g/mol. The molecule has 5 heteroatoms. The van der Waals surface area contributed by atoms with Gasteiger partial charge >= 0.3 is 0 Å². The zero-order valence-electron chi connectivity index (χ0n) is 10.1. The Morgan fingerprint density at radius 1 is 1.33 bits per heavy atom. The minimum absolute atomic E-state index is 0.648. The predicted molar refractivity (Wildman–Crippen MR) is 81.2 cm³/mol. The monoisotopic (exact) mass is 277 g/mol. The first-order chi connectivity index (χ1) is 8.74. The van der Waals surface area contributed by atoms with Crippen molar-refractivity contribution in [1.82, 2.24) is 9.69 Å². The molecule has 1 heterocycles. The molecule has 2 N–H and O–H groups in total. The lowest BCUT2D eigenvalue weighted by atomic mass is 10.1. The molecule has 0 atom stereocenters. The van der Waals surface area contributed by atoms with Gasteiger partial charge in [-0.1, -0.05) is 30.3 Å². The Bertz CT molecular complexity index is 508. The van der Waals surface area contributed by atoms with E-state index < -0.39 is 0 Å².